The standard InChI is InChI=1S/C11H16BrN3S.HI/c12-9-4-10(16-7-9)6-15-11(13)14-5-8-2-1-3-8;/h4,7-8H,1-3,5-6H2,(H3,13,14,15);1H. The summed E-state index contributed by atoms with van der Waals surface area (Å²) in [4.78, 5) is 5.53. The summed E-state index contributed by atoms with van der Waals surface area (Å²) in [6.45, 7) is 1.64. The van der Waals surface area contributed by atoms with Gasteiger partial charge in [-0.2, -0.15) is 0 Å². The van der Waals surface area contributed by atoms with Gasteiger partial charge < -0.3 is 11.1 Å². The highest BCUT2D eigenvalue weighted by Gasteiger charge is 2.16. The Morgan fingerprint density at radius 2 is 2.35 bits per heavy atom. The first-order chi connectivity index (χ1) is 7.74. The molecule has 1 aromatic rings. The molecule has 0 aromatic carbocycles. The highest BCUT2D eigenvalue weighted by Crippen LogP contribution is 2.25. The van der Waals surface area contributed by atoms with Crippen LogP contribution in [0, 0.1) is 5.92 Å². The molecule has 1 aliphatic rings. The van der Waals surface area contributed by atoms with Gasteiger partial charge in [0.15, 0.2) is 5.96 Å². The first-order valence-corrected chi connectivity index (χ1v) is 7.18. The van der Waals surface area contributed by atoms with Crippen LogP contribution in [0.4, 0.5) is 0 Å². The molecule has 0 radical (unpaired) electrons. The van der Waals surface area contributed by atoms with E-state index in [1.807, 2.05) is 0 Å². The second-order valence-corrected chi connectivity index (χ2v) is 6.02. The third-order valence-corrected chi connectivity index (χ3v) is 4.51. The van der Waals surface area contributed by atoms with E-state index in [9.17, 15) is 0 Å². The fourth-order valence-corrected chi connectivity index (χ4v) is 2.98. The fraction of sp³-hybridized carbons (Fsp3) is 0.545. The Bertz CT molecular complexity index is 377. The Hall–Kier alpha value is 0.180. The Morgan fingerprint density at radius 3 is 2.88 bits per heavy atom. The van der Waals surface area contributed by atoms with Crippen molar-refractivity contribution in [1.29, 1.82) is 0 Å². The molecule has 1 aromatic heterocycles. The molecule has 1 aliphatic carbocycles. The van der Waals surface area contributed by atoms with Gasteiger partial charge in [0.25, 0.3) is 0 Å². The number of guanidine groups is 1. The van der Waals surface area contributed by atoms with Gasteiger partial charge in [0.1, 0.15) is 0 Å². The SMILES string of the molecule is I.NC(=NCc1cc(Br)cs1)NCC1CCC1. The van der Waals surface area contributed by atoms with Crippen LogP contribution >= 0.6 is 51.2 Å². The van der Waals surface area contributed by atoms with E-state index in [2.05, 4.69) is 37.7 Å². The zero-order valence-electron chi connectivity index (χ0n) is 9.49. The lowest BCUT2D eigenvalue weighted by molar-refractivity contribution is 0.315. The van der Waals surface area contributed by atoms with Gasteiger partial charge in [-0.1, -0.05) is 6.42 Å². The Labute approximate surface area is 131 Å². The molecule has 1 saturated carbocycles. The second-order valence-electron chi connectivity index (χ2n) is 4.11. The topological polar surface area (TPSA) is 50.4 Å². The minimum Gasteiger partial charge on any atom is -0.370 e. The molecule has 17 heavy (non-hydrogen) atoms. The van der Waals surface area contributed by atoms with Gasteiger partial charge in [-0.05, 0) is 40.8 Å². The van der Waals surface area contributed by atoms with Gasteiger partial charge in [0.2, 0.25) is 0 Å². The van der Waals surface area contributed by atoms with Crippen molar-refractivity contribution in [1.82, 2.24) is 5.32 Å². The monoisotopic (exact) mass is 429 g/mol. The molecular weight excluding hydrogens is 413 g/mol. The van der Waals surface area contributed by atoms with Gasteiger partial charge in [-0.15, -0.1) is 35.3 Å². The summed E-state index contributed by atoms with van der Waals surface area (Å²) in [7, 11) is 0. The number of nitrogens with zero attached hydrogens (tertiary/aromatic N) is 1. The molecular formula is C11H17BrIN3S. The van der Waals surface area contributed by atoms with E-state index in [4.69, 9.17) is 5.73 Å². The average Bonchev–Trinajstić information content (AvgIpc) is 2.59. The van der Waals surface area contributed by atoms with Crippen molar-refractivity contribution >= 4 is 57.2 Å². The number of nitrogens with two attached hydrogens (primary N) is 1. The summed E-state index contributed by atoms with van der Waals surface area (Å²) in [6, 6.07) is 2.08. The van der Waals surface area contributed by atoms with E-state index in [0.717, 1.165) is 16.9 Å². The summed E-state index contributed by atoms with van der Waals surface area (Å²) in [6.07, 6.45) is 4.03. The van der Waals surface area contributed by atoms with E-state index in [1.165, 1.54) is 24.1 Å². The van der Waals surface area contributed by atoms with Crippen molar-refractivity contribution in [3.05, 3.63) is 20.8 Å². The minimum atomic E-state index is 0. The quantitative estimate of drug-likeness (QED) is 0.438. The molecule has 0 bridgehead atoms. The number of hydrogen-bond donors (Lipinski definition) is 2. The smallest absolute Gasteiger partial charge is 0.188 e. The van der Waals surface area contributed by atoms with Crippen LogP contribution in [0.25, 0.3) is 0 Å². The number of halogens is 2. The summed E-state index contributed by atoms with van der Waals surface area (Å²) in [5.74, 6) is 1.38. The number of aliphatic imine (C=N–C) groups is 1. The van der Waals surface area contributed by atoms with Crippen molar-refractivity contribution < 1.29 is 0 Å². The van der Waals surface area contributed by atoms with Gasteiger partial charge in [0.05, 0.1) is 6.54 Å². The number of hydrogen-bond acceptors (Lipinski definition) is 2. The normalized spacial score (nSPS) is 16.2. The van der Waals surface area contributed by atoms with E-state index in [0.29, 0.717) is 12.5 Å². The highest BCUT2D eigenvalue weighted by molar-refractivity contribution is 14.0. The van der Waals surface area contributed by atoms with Crippen LogP contribution in [0.3, 0.4) is 0 Å². The molecule has 0 atom stereocenters. The molecule has 1 fully saturated rings. The molecule has 0 amide bonds. The minimum absolute atomic E-state index is 0. The molecule has 0 spiro atoms. The molecule has 0 saturated heterocycles. The van der Waals surface area contributed by atoms with Crippen molar-refractivity contribution in [2.75, 3.05) is 6.54 Å². The third kappa shape index (κ3) is 5.13. The molecule has 3 N–H and O–H groups in total. The average molecular weight is 430 g/mol. The maximum atomic E-state index is 5.79. The maximum absolute atomic E-state index is 5.79. The molecule has 96 valence electrons. The molecule has 3 nitrogen and oxygen atoms in total. The van der Waals surface area contributed by atoms with Crippen LogP contribution in [-0.4, -0.2) is 12.5 Å². The molecule has 2 rings (SSSR count). The van der Waals surface area contributed by atoms with Crippen LogP contribution < -0.4 is 11.1 Å². The Kier molecular flexibility index (Phi) is 6.79. The molecule has 0 unspecified atom stereocenters. The summed E-state index contributed by atoms with van der Waals surface area (Å²) in [5.41, 5.74) is 5.79. The van der Waals surface area contributed by atoms with Crippen molar-refractivity contribution in [2.24, 2.45) is 16.6 Å². The first kappa shape index (κ1) is 15.2. The lowest BCUT2D eigenvalue weighted by Crippen LogP contribution is -2.37. The summed E-state index contributed by atoms with van der Waals surface area (Å²) in [5, 5.41) is 5.24. The fourth-order valence-electron chi connectivity index (χ4n) is 1.60. The maximum Gasteiger partial charge on any atom is 0.188 e. The molecule has 1 heterocycles. The first-order valence-electron chi connectivity index (χ1n) is 5.51. The van der Waals surface area contributed by atoms with Crippen LogP contribution in [0.15, 0.2) is 20.9 Å². The summed E-state index contributed by atoms with van der Waals surface area (Å²) < 4.78 is 1.11. The van der Waals surface area contributed by atoms with Crippen LogP contribution in [0.5, 0.6) is 0 Å². The largest absolute Gasteiger partial charge is 0.370 e. The van der Waals surface area contributed by atoms with Crippen LogP contribution in [-0.2, 0) is 6.54 Å². The lowest BCUT2D eigenvalue weighted by atomic mass is 9.85. The van der Waals surface area contributed by atoms with E-state index >= 15 is 0 Å². The van der Waals surface area contributed by atoms with Gasteiger partial charge in [0, 0.05) is 21.3 Å². The predicted octanol–water partition coefficient (Wildman–Crippen LogP) is 3.33. The molecule has 0 aliphatic heterocycles. The zero-order chi connectivity index (χ0) is 11.4. The van der Waals surface area contributed by atoms with E-state index in [-0.39, 0.29) is 24.0 Å². The van der Waals surface area contributed by atoms with Crippen molar-refractivity contribution in [3.63, 3.8) is 0 Å². The summed E-state index contributed by atoms with van der Waals surface area (Å²) >= 11 is 5.12. The van der Waals surface area contributed by atoms with E-state index < -0.39 is 0 Å². The predicted molar refractivity (Wildman–Crippen MR) is 88.1 cm³/mol. The Balaban J connectivity index is 0.00000144. The number of thiophene rings is 1. The zero-order valence-corrected chi connectivity index (χ0v) is 14.2. The van der Waals surface area contributed by atoms with Crippen molar-refractivity contribution in [2.45, 2.75) is 25.8 Å². The molecule has 6 heteroatoms. The van der Waals surface area contributed by atoms with Gasteiger partial charge >= 0.3 is 0 Å². The number of nitrogens with one attached hydrogen (secondary N) is 1. The highest BCUT2D eigenvalue weighted by atomic mass is 127. The van der Waals surface area contributed by atoms with Gasteiger partial charge in [-0.25, -0.2) is 4.99 Å². The van der Waals surface area contributed by atoms with Crippen molar-refractivity contribution in [3.8, 4) is 0 Å². The van der Waals surface area contributed by atoms with E-state index in [1.54, 1.807) is 11.3 Å². The van der Waals surface area contributed by atoms with Crippen LogP contribution in [0.2, 0.25) is 0 Å². The second kappa shape index (κ2) is 7.58. The number of rotatable bonds is 4. The lowest BCUT2D eigenvalue weighted by Gasteiger charge is -2.25. The Morgan fingerprint density at radius 1 is 1.59 bits per heavy atom. The third-order valence-electron chi connectivity index (χ3n) is 2.82. The van der Waals surface area contributed by atoms with Gasteiger partial charge in [-0.3, -0.25) is 0 Å². The van der Waals surface area contributed by atoms with Crippen LogP contribution in [0.1, 0.15) is 24.1 Å².